The number of hydrogen-bond acceptors (Lipinski definition) is 15. The van der Waals surface area contributed by atoms with E-state index in [1.807, 2.05) is 68.3 Å². The first-order valence-corrected chi connectivity index (χ1v) is 18.0. The van der Waals surface area contributed by atoms with E-state index in [4.69, 9.17) is 24.0 Å². The molecular weight excluding hydrogens is 684 g/mol. The monoisotopic (exact) mass is 732 g/mol. The molecule has 5 fully saturated rings. The quantitative estimate of drug-likeness (QED) is 0.288. The van der Waals surface area contributed by atoms with Gasteiger partial charge in [0.15, 0.2) is 29.6 Å². The number of ether oxygens (including phenoxy) is 2. The Morgan fingerprint density at radius 3 is 1.72 bits per heavy atom. The Balaban J connectivity index is 0.000000138. The molecule has 2 aliphatic carbocycles. The van der Waals surface area contributed by atoms with E-state index in [0.29, 0.717) is 30.5 Å². The molecule has 8 atom stereocenters. The number of aryl methyl sites for hydroxylation is 3. The maximum atomic E-state index is 11.9. The summed E-state index contributed by atoms with van der Waals surface area (Å²) in [5, 5.41) is 24.7. The number of aromatic nitrogens is 3. The van der Waals surface area contributed by atoms with Crippen LogP contribution in [-0.4, -0.2) is 100.0 Å². The summed E-state index contributed by atoms with van der Waals surface area (Å²) in [7, 11) is 2.62. The van der Waals surface area contributed by atoms with E-state index in [9.17, 15) is 19.8 Å². The Morgan fingerprint density at radius 1 is 0.642 bits per heavy atom. The fraction of sp³-hybridized carbons (Fsp3) is 0.500. The van der Waals surface area contributed by atoms with Gasteiger partial charge in [-0.25, -0.2) is 39.7 Å². The van der Waals surface area contributed by atoms with Gasteiger partial charge in [-0.05, 0) is 95.7 Å². The lowest BCUT2D eigenvalue weighted by molar-refractivity contribution is -0.187. The second kappa shape index (κ2) is 17.0. The Bertz CT molecular complexity index is 1760. The fourth-order valence-electron chi connectivity index (χ4n) is 6.95. The highest BCUT2D eigenvalue weighted by molar-refractivity contribution is 5.80. The van der Waals surface area contributed by atoms with Crippen LogP contribution < -0.4 is 15.2 Å². The van der Waals surface area contributed by atoms with Crippen LogP contribution in [0, 0.1) is 20.8 Å². The molecule has 2 N–H and O–H groups in total. The molecule has 7 aliphatic rings. The molecule has 0 spiro atoms. The molecule has 0 radical (unpaired) electrons. The summed E-state index contributed by atoms with van der Waals surface area (Å²) >= 11 is 0. The second-order valence-electron chi connectivity index (χ2n) is 13.6. The van der Waals surface area contributed by atoms with Crippen molar-refractivity contribution in [2.75, 3.05) is 29.4 Å². The number of fused-ring (bicyclic) bond motifs is 5. The SMILES string of the molecule is COC(=O)[C@H]1CC[C@@H](C(=O)OC)N(c2cccc(C)n2)O1.Cc1cccc(N2OC3C=CC2CC3)n1.Cc1cccc(N2OC3CCC2C(O)C3O)n1. The van der Waals surface area contributed by atoms with Gasteiger partial charge in [0.05, 0.1) is 26.3 Å². The van der Waals surface area contributed by atoms with E-state index in [-0.39, 0.29) is 18.2 Å². The van der Waals surface area contributed by atoms with Crippen LogP contribution >= 0.6 is 0 Å². The van der Waals surface area contributed by atoms with Gasteiger partial charge in [0.1, 0.15) is 24.4 Å². The van der Waals surface area contributed by atoms with Gasteiger partial charge < -0.3 is 19.7 Å². The molecule has 3 aromatic rings. The first-order chi connectivity index (χ1) is 25.6. The van der Waals surface area contributed by atoms with E-state index in [1.165, 1.54) is 19.3 Å². The van der Waals surface area contributed by atoms with Crippen LogP contribution in [0.5, 0.6) is 0 Å². The Kier molecular flexibility index (Phi) is 12.2. The Hall–Kier alpha value is -4.67. The van der Waals surface area contributed by atoms with Crippen molar-refractivity contribution in [2.24, 2.45) is 0 Å². The topological polar surface area (TPSA) is 169 Å². The highest BCUT2D eigenvalue weighted by Crippen LogP contribution is 2.36. The maximum absolute atomic E-state index is 11.9. The molecule has 10 rings (SSSR count). The molecular formula is C38H48N6O9. The number of anilines is 3. The summed E-state index contributed by atoms with van der Waals surface area (Å²) in [6, 6.07) is 16.6. The number of esters is 2. The highest BCUT2D eigenvalue weighted by atomic mass is 16.7. The molecule has 15 heteroatoms. The maximum Gasteiger partial charge on any atom is 0.337 e. The van der Waals surface area contributed by atoms with Crippen LogP contribution in [0.3, 0.4) is 0 Å². The zero-order valence-corrected chi connectivity index (χ0v) is 30.6. The van der Waals surface area contributed by atoms with Crippen LogP contribution in [0.2, 0.25) is 0 Å². The first kappa shape index (κ1) is 38.1. The fourth-order valence-corrected chi connectivity index (χ4v) is 6.95. The standard InChI is InChI=1S/C14H18N2O5.C12H16N2O3.C12H14N2O/c1-9-5-4-6-12(15-9)16-10(13(17)19-2)7-8-11(21-16)14(18)20-3;1-7-3-2-4-10(13-7)14-8-5-6-9(17-14)12(16)11(8)15;1-9-3-2-4-12(13-9)14-10-5-7-11(15-14)8-6-10/h4-6,10-11H,7-8H2,1-3H3;2-4,8-9,11-12,15-16H,5-6H2,1H3;2-5,7,10-11H,6,8H2,1H3/t10-,11+;;/m0../s1. The average Bonchev–Trinajstić information content (AvgIpc) is 3.19. The molecule has 0 aromatic carbocycles. The number of hydroxylamine groups is 3. The minimum absolute atomic E-state index is 0.204. The predicted octanol–water partition coefficient (Wildman–Crippen LogP) is 3.63. The molecule has 5 aliphatic heterocycles. The molecule has 1 saturated carbocycles. The molecule has 6 unspecified atom stereocenters. The molecule has 284 valence electrons. The van der Waals surface area contributed by atoms with Crippen LogP contribution in [0.15, 0.2) is 66.7 Å². The number of aliphatic hydroxyl groups is 2. The number of methoxy groups -OCH3 is 2. The van der Waals surface area contributed by atoms with E-state index >= 15 is 0 Å². The van der Waals surface area contributed by atoms with Gasteiger partial charge in [-0.15, -0.1) is 0 Å². The van der Waals surface area contributed by atoms with Crippen LogP contribution in [0.4, 0.5) is 17.5 Å². The summed E-state index contributed by atoms with van der Waals surface area (Å²) in [4.78, 5) is 53.8. The van der Waals surface area contributed by atoms with E-state index in [0.717, 1.165) is 48.6 Å². The number of carbonyl (C=O) groups excluding carboxylic acids is 2. The molecule has 0 amide bonds. The van der Waals surface area contributed by atoms with Gasteiger partial charge in [0.25, 0.3) is 0 Å². The van der Waals surface area contributed by atoms with Gasteiger partial charge in [0, 0.05) is 17.1 Å². The molecule has 53 heavy (non-hydrogen) atoms. The number of nitrogens with zero attached hydrogens (tertiary/aromatic N) is 6. The number of carbonyl (C=O) groups is 2. The number of pyridine rings is 3. The van der Waals surface area contributed by atoms with Crippen molar-refractivity contribution < 1.29 is 43.8 Å². The lowest BCUT2D eigenvalue weighted by atomic mass is 9.86. The van der Waals surface area contributed by atoms with Gasteiger partial charge in [-0.2, -0.15) is 0 Å². The average molecular weight is 733 g/mol. The highest BCUT2D eigenvalue weighted by Gasteiger charge is 2.48. The predicted molar refractivity (Wildman–Crippen MR) is 193 cm³/mol. The molecule has 8 heterocycles. The van der Waals surface area contributed by atoms with Crippen molar-refractivity contribution in [3.8, 4) is 0 Å². The molecule has 15 nitrogen and oxygen atoms in total. The van der Waals surface area contributed by atoms with Gasteiger partial charge in [-0.1, -0.05) is 30.4 Å². The van der Waals surface area contributed by atoms with Crippen molar-refractivity contribution in [3.05, 3.63) is 83.8 Å². The molecule has 3 aromatic heterocycles. The third-order valence-corrected chi connectivity index (χ3v) is 9.73. The van der Waals surface area contributed by atoms with Crippen molar-refractivity contribution >= 4 is 29.4 Å². The van der Waals surface area contributed by atoms with Gasteiger partial charge in [-0.3, -0.25) is 14.5 Å². The van der Waals surface area contributed by atoms with E-state index in [1.54, 1.807) is 17.2 Å². The smallest absolute Gasteiger partial charge is 0.337 e. The zero-order valence-electron chi connectivity index (χ0n) is 30.6. The summed E-state index contributed by atoms with van der Waals surface area (Å²) < 4.78 is 9.48. The minimum Gasteiger partial charge on any atom is -0.467 e. The number of aliphatic hydroxyl groups excluding tert-OH is 2. The van der Waals surface area contributed by atoms with E-state index in [2.05, 4.69) is 27.1 Å². The van der Waals surface area contributed by atoms with Gasteiger partial charge >= 0.3 is 11.9 Å². The summed E-state index contributed by atoms with van der Waals surface area (Å²) in [5.74, 6) is 1.18. The number of hydrogen-bond donors (Lipinski definition) is 2. The summed E-state index contributed by atoms with van der Waals surface area (Å²) in [5.41, 5.74) is 2.71. The van der Waals surface area contributed by atoms with E-state index < -0.39 is 36.3 Å². The summed E-state index contributed by atoms with van der Waals surface area (Å²) in [6.07, 6.45) is 6.70. The first-order valence-electron chi connectivity index (χ1n) is 18.0. The molecule has 4 saturated heterocycles. The van der Waals surface area contributed by atoms with Crippen LogP contribution in [-0.2, 0) is 33.6 Å². The van der Waals surface area contributed by atoms with Crippen molar-refractivity contribution in [1.82, 2.24) is 15.0 Å². The number of rotatable bonds is 5. The summed E-state index contributed by atoms with van der Waals surface area (Å²) in [6.45, 7) is 5.75. The third kappa shape index (κ3) is 8.77. The van der Waals surface area contributed by atoms with Crippen molar-refractivity contribution in [3.63, 3.8) is 0 Å². The zero-order chi connectivity index (χ0) is 37.6. The van der Waals surface area contributed by atoms with Gasteiger partial charge in [0.2, 0.25) is 0 Å². The van der Waals surface area contributed by atoms with Crippen molar-refractivity contribution in [1.29, 1.82) is 0 Å². The lowest BCUT2D eigenvalue weighted by Gasteiger charge is -2.49. The normalized spacial score (nSPS) is 28.3. The molecule has 4 bridgehead atoms. The Morgan fingerprint density at radius 2 is 1.23 bits per heavy atom. The van der Waals surface area contributed by atoms with Crippen LogP contribution in [0.1, 0.15) is 55.6 Å². The second-order valence-corrected chi connectivity index (χ2v) is 13.6. The third-order valence-electron chi connectivity index (χ3n) is 9.73. The minimum atomic E-state index is -0.783. The van der Waals surface area contributed by atoms with Crippen molar-refractivity contribution in [2.45, 2.75) is 108 Å². The van der Waals surface area contributed by atoms with Crippen LogP contribution in [0.25, 0.3) is 0 Å². The Labute approximate surface area is 309 Å². The largest absolute Gasteiger partial charge is 0.467 e. The lowest BCUT2D eigenvalue weighted by Crippen LogP contribution is -2.64.